The highest BCUT2D eigenvalue weighted by Crippen LogP contribution is 2.82. The summed E-state index contributed by atoms with van der Waals surface area (Å²) in [5, 5.41) is 0. The molecule has 5 unspecified atom stereocenters. The van der Waals surface area contributed by atoms with Crippen molar-refractivity contribution in [3.05, 3.63) is 0 Å². The van der Waals surface area contributed by atoms with E-state index in [9.17, 15) is 0 Å². The Morgan fingerprint density at radius 2 is 0.974 bits per heavy atom. The Kier molecular flexibility index (Phi) is 5.80. The van der Waals surface area contributed by atoms with Crippen LogP contribution < -0.4 is 0 Å². The van der Waals surface area contributed by atoms with Crippen LogP contribution in [0, 0.1) is 85.2 Å². The van der Waals surface area contributed by atoms with Crippen LogP contribution in [0.2, 0.25) is 0 Å². The van der Waals surface area contributed by atoms with Crippen LogP contribution in [0.4, 0.5) is 0 Å². The molecule has 39 heavy (non-hydrogen) atoms. The summed E-state index contributed by atoms with van der Waals surface area (Å²) < 4.78 is 0. The topological polar surface area (TPSA) is 0 Å². The van der Waals surface area contributed by atoms with Gasteiger partial charge in [0.2, 0.25) is 0 Å². The molecule has 0 aromatic heterocycles. The first kappa shape index (κ1) is 27.8. The lowest BCUT2D eigenvalue weighted by Gasteiger charge is -2.74. The molecule has 0 saturated heterocycles. The predicted molar refractivity (Wildman–Crippen MR) is 166 cm³/mol. The Hall–Kier alpha value is 0. The summed E-state index contributed by atoms with van der Waals surface area (Å²) in [6, 6.07) is 0. The third kappa shape index (κ3) is 3.10. The molecule has 0 radical (unpaired) electrons. The summed E-state index contributed by atoms with van der Waals surface area (Å²) in [6.07, 6.45) is 21.3. The zero-order valence-corrected chi connectivity index (χ0v) is 28.0. The molecule has 7 aliphatic rings. The second-order valence-corrected chi connectivity index (χ2v) is 19.4. The SMILES string of the molecule is CC[C@H]1C2(C)CC[C@H]3C4(C)CC[C@@H]5C(C)(CC[C@@H]6C(C)(C)[C@H](C)CCC56C)[C@H]4CCC3(C)[C@H]2C[C@H]2C[C@]21CC. The van der Waals surface area contributed by atoms with Crippen molar-refractivity contribution in [1.82, 2.24) is 0 Å². The minimum absolute atomic E-state index is 0.515. The first-order chi connectivity index (χ1) is 18.2. The molecule has 0 bridgehead atoms. The van der Waals surface area contributed by atoms with Gasteiger partial charge >= 0.3 is 0 Å². The van der Waals surface area contributed by atoms with Crippen molar-refractivity contribution in [2.45, 2.75) is 159 Å². The monoisotopic (exact) mass is 535 g/mol. The van der Waals surface area contributed by atoms with E-state index in [0.717, 1.165) is 52.8 Å². The van der Waals surface area contributed by atoms with E-state index in [1.807, 2.05) is 0 Å². The molecule has 7 aliphatic carbocycles. The number of fused-ring (bicyclic) bond motifs is 10. The highest BCUT2D eigenvalue weighted by molar-refractivity contribution is 5.23. The van der Waals surface area contributed by atoms with Crippen molar-refractivity contribution in [2.75, 3.05) is 0 Å². The Bertz CT molecular complexity index is 1010. The Morgan fingerprint density at radius 1 is 0.538 bits per heavy atom. The zero-order chi connectivity index (χ0) is 28.0. The van der Waals surface area contributed by atoms with Gasteiger partial charge in [-0.15, -0.1) is 0 Å². The van der Waals surface area contributed by atoms with Crippen molar-refractivity contribution in [2.24, 2.45) is 85.2 Å². The minimum atomic E-state index is 0.515. The fourth-order valence-electron chi connectivity index (χ4n) is 16.7. The average molecular weight is 535 g/mol. The van der Waals surface area contributed by atoms with Gasteiger partial charge in [-0.3, -0.25) is 0 Å². The van der Waals surface area contributed by atoms with E-state index in [1.165, 1.54) is 44.9 Å². The van der Waals surface area contributed by atoms with Crippen LogP contribution in [0.15, 0.2) is 0 Å². The molecule has 14 atom stereocenters. The molecular weight excluding hydrogens is 468 g/mol. The van der Waals surface area contributed by atoms with Crippen molar-refractivity contribution >= 4 is 0 Å². The molecule has 0 amide bonds. The van der Waals surface area contributed by atoms with Crippen LogP contribution in [-0.4, -0.2) is 0 Å². The standard InChI is InChI=1S/C39H66/c1-11-27-34(6)20-15-31-37(9)21-16-29-35(7)18-13-25(3)33(4,5)28(35)14-19-36(29,8)30(37)17-22-38(31,10)32(34)23-26-24-39(26,27)12-2/h25-32H,11-24H2,1-10H3/t25-,26+,27+,28-,29+,30-,31+,32+,34?,35?,36?,37?,38?,39-/m1/s1. The van der Waals surface area contributed by atoms with E-state index in [4.69, 9.17) is 0 Å². The van der Waals surface area contributed by atoms with E-state index in [2.05, 4.69) is 69.2 Å². The van der Waals surface area contributed by atoms with Gasteiger partial charge in [-0.1, -0.05) is 75.7 Å². The van der Waals surface area contributed by atoms with Gasteiger partial charge in [0.1, 0.15) is 0 Å². The highest BCUT2D eigenvalue weighted by Gasteiger charge is 2.74. The second kappa shape index (κ2) is 8.13. The van der Waals surface area contributed by atoms with Crippen molar-refractivity contribution < 1.29 is 0 Å². The first-order valence-corrected chi connectivity index (χ1v) is 18.2. The van der Waals surface area contributed by atoms with Gasteiger partial charge in [-0.2, -0.15) is 0 Å². The van der Waals surface area contributed by atoms with Gasteiger partial charge in [0.25, 0.3) is 0 Å². The third-order valence-corrected chi connectivity index (χ3v) is 18.7. The Labute approximate surface area is 244 Å². The van der Waals surface area contributed by atoms with Gasteiger partial charge < -0.3 is 0 Å². The maximum atomic E-state index is 2.87. The van der Waals surface area contributed by atoms with Gasteiger partial charge in [-0.25, -0.2) is 0 Å². The maximum Gasteiger partial charge on any atom is -0.0235 e. The molecule has 0 heterocycles. The molecule has 7 saturated carbocycles. The second-order valence-electron chi connectivity index (χ2n) is 19.4. The van der Waals surface area contributed by atoms with Crippen LogP contribution in [0.25, 0.3) is 0 Å². The predicted octanol–water partition coefficient (Wildman–Crippen LogP) is 11.6. The molecular formula is C39H66. The summed E-state index contributed by atoms with van der Waals surface area (Å²) >= 11 is 0. The van der Waals surface area contributed by atoms with E-state index < -0.39 is 0 Å². The summed E-state index contributed by atoms with van der Waals surface area (Å²) in [5.74, 6) is 7.76. The molecule has 0 N–H and O–H groups in total. The first-order valence-electron chi connectivity index (χ1n) is 18.2. The normalized spacial score (nSPS) is 62.9. The molecule has 7 fully saturated rings. The summed E-state index contributed by atoms with van der Waals surface area (Å²) in [7, 11) is 0. The third-order valence-electron chi connectivity index (χ3n) is 18.7. The molecule has 0 aromatic rings. The van der Waals surface area contributed by atoms with Crippen LogP contribution in [0.3, 0.4) is 0 Å². The molecule has 0 aliphatic heterocycles. The molecule has 222 valence electrons. The molecule has 0 aromatic carbocycles. The molecule has 0 spiro atoms. The van der Waals surface area contributed by atoms with Crippen LogP contribution in [0.1, 0.15) is 159 Å². The fraction of sp³-hybridized carbons (Fsp3) is 1.00. The lowest BCUT2D eigenvalue weighted by molar-refractivity contribution is -0.258. The average Bonchev–Trinajstić information content (AvgIpc) is 3.58. The fourth-order valence-corrected chi connectivity index (χ4v) is 16.7. The van der Waals surface area contributed by atoms with Crippen LogP contribution >= 0.6 is 0 Å². The molecule has 7 rings (SSSR count). The van der Waals surface area contributed by atoms with Crippen molar-refractivity contribution in [3.8, 4) is 0 Å². The summed E-state index contributed by atoms with van der Waals surface area (Å²) in [5.41, 5.74) is 4.15. The van der Waals surface area contributed by atoms with E-state index >= 15 is 0 Å². The van der Waals surface area contributed by atoms with Gasteiger partial charge in [0, 0.05) is 0 Å². The minimum Gasteiger partial charge on any atom is -0.0651 e. The summed E-state index contributed by atoms with van der Waals surface area (Å²) in [6.45, 7) is 27.2. The molecule has 0 heteroatoms. The largest absolute Gasteiger partial charge is 0.0651 e. The van der Waals surface area contributed by atoms with Crippen molar-refractivity contribution in [1.29, 1.82) is 0 Å². The van der Waals surface area contributed by atoms with Crippen LogP contribution in [-0.2, 0) is 0 Å². The van der Waals surface area contributed by atoms with Crippen molar-refractivity contribution in [3.63, 3.8) is 0 Å². The van der Waals surface area contributed by atoms with E-state index in [1.54, 1.807) is 44.9 Å². The van der Waals surface area contributed by atoms with Crippen LogP contribution in [0.5, 0.6) is 0 Å². The smallest absolute Gasteiger partial charge is 0.0235 e. The Morgan fingerprint density at radius 3 is 1.49 bits per heavy atom. The highest BCUT2D eigenvalue weighted by atomic mass is 14.8. The number of hydrogen-bond acceptors (Lipinski definition) is 0. The van der Waals surface area contributed by atoms with Gasteiger partial charge in [0.15, 0.2) is 0 Å². The lowest BCUT2D eigenvalue weighted by atomic mass is 9.30. The molecule has 0 nitrogen and oxygen atoms in total. The van der Waals surface area contributed by atoms with E-state index in [-0.39, 0.29) is 0 Å². The maximum absolute atomic E-state index is 2.87. The van der Waals surface area contributed by atoms with Gasteiger partial charge in [-0.05, 0) is 169 Å². The number of rotatable bonds is 2. The van der Waals surface area contributed by atoms with Gasteiger partial charge in [0.05, 0.1) is 0 Å². The summed E-state index contributed by atoms with van der Waals surface area (Å²) in [4.78, 5) is 0. The Balaban J connectivity index is 1.22. The lowest BCUT2D eigenvalue weighted by Crippen LogP contribution is -2.67. The zero-order valence-electron chi connectivity index (χ0n) is 28.0. The van der Waals surface area contributed by atoms with E-state index in [0.29, 0.717) is 32.5 Å². The number of hydrogen-bond donors (Lipinski definition) is 0. The quantitative estimate of drug-likeness (QED) is 0.330.